The molecule has 1 unspecified atom stereocenters. The number of aromatic nitrogens is 2. The molecule has 1 fully saturated rings. The van der Waals surface area contributed by atoms with Crippen LogP contribution in [-0.4, -0.2) is 41.9 Å². The van der Waals surface area contributed by atoms with Gasteiger partial charge in [-0.3, -0.25) is 9.59 Å². The lowest BCUT2D eigenvalue weighted by atomic mass is 10.0. The highest BCUT2D eigenvalue weighted by molar-refractivity contribution is 6.03. The van der Waals surface area contributed by atoms with Crippen molar-refractivity contribution in [3.05, 3.63) is 65.0 Å². The van der Waals surface area contributed by atoms with E-state index >= 15 is 0 Å². The number of carbonyl (C=O) groups is 2. The number of primary amides is 1. The molecule has 0 bridgehead atoms. The fourth-order valence-electron chi connectivity index (χ4n) is 4.03. The lowest BCUT2D eigenvalue weighted by molar-refractivity contribution is 0.0558. The molecule has 0 aliphatic carbocycles. The van der Waals surface area contributed by atoms with Crippen LogP contribution in [0.5, 0.6) is 5.75 Å². The number of nitrogens with one attached hydrogen (secondary N) is 1. The van der Waals surface area contributed by atoms with E-state index in [0.717, 1.165) is 12.8 Å². The minimum atomic E-state index is -0.746. The van der Waals surface area contributed by atoms with Gasteiger partial charge in [-0.05, 0) is 31.0 Å². The van der Waals surface area contributed by atoms with Crippen molar-refractivity contribution in [3.63, 3.8) is 0 Å². The molecule has 5 N–H and O–H groups in total. The number of nitrogen functional groups attached to an aromatic ring is 1. The summed E-state index contributed by atoms with van der Waals surface area (Å²) in [5.41, 5.74) is 13.0. The van der Waals surface area contributed by atoms with E-state index < -0.39 is 17.6 Å². The first-order valence-corrected chi connectivity index (χ1v) is 10.9. The van der Waals surface area contributed by atoms with Gasteiger partial charge in [-0.2, -0.15) is 5.10 Å². The Morgan fingerprint density at radius 1 is 1.29 bits per heavy atom. The molecule has 0 spiro atoms. The van der Waals surface area contributed by atoms with E-state index in [-0.39, 0.29) is 35.2 Å². The first-order valence-electron chi connectivity index (χ1n) is 10.9. The van der Waals surface area contributed by atoms with E-state index in [4.69, 9.17) is 20.9 Å². The maximum atomic E-state index is 15.0. The summed E-state index contributed by atoms with van der Waals surface area (Å²) < 4.78 is 27.2. The SMILES string of the molecule is COc1ccccc1C(=O)NCc1ccc(-c2nn(C3CCCOC3)c(N)c2C(N)=O)cc1F. The number of amides is 2. The van der Waals surface area contributed by atoms with Gasteiger partial charge in [0.2, 0.25) is 0 Å². The Balaban J connectivity index is 1.57. The van der Waals surface area contributed by atoms with E-state index in [1.807, 2.05) is 0 Å². The van der Waals surface area contributed by atoms with Gasteiger partial charge < -0.3 is 26.3 Å². The molecule has 1 aliphatic heterocycles. The van der Waals surface area contributed by atoms with Crippen molar-refractivity contribution in [1.29, 1.82) is 0 Å². The van der Waals surface area contributed by atoms with Gasteiger partial charge in [-0.15, -0.1) is 0 Å². The monoisotopic (exact) mass is 467 g/mol. The molecule has 1 aliphatic rings. The number of ether oxygens (including phenoxy) is 2. The number of nitrogens with zero attached hydrogens (tertiary/aromatic N) is 2. The molecule has 3 aromatic rings. The Bertz CT molecular complexity index is 1220. The quantitative estimate of drug-likeness (QED) is 0.489. The van der Waals surface area contributed by atoms with Gasteiger partial charge in [0.15, 0.2) is 0 Å². The Kier molecular flexibility index (Phi) is 6.78. The maximum absolute atomic E-state index is 15.0. The van der Waals surface area contributed by atoms with Crippen molar-refractivity contribution >= 4 is 17.6 Å². The molecule has 0 saturated carbocycles. The Labute approximate surface area is 195 Å². The number of benzene rings is 2. The zero-order valence-corrected chi connectivity index (χ0v) is 18.7. The standard InChI is InChI=1S/C24H26FN5O4/c1-33-19-7-3-2-6-17(19)24(32)28-12-15-9-8-14(11-18(15)25)21-20(23(27)31)22(26)30(29-21)16-5-4-10-34-13-16/h2-3,6-9,11,16H,4-5,10,12-13,26H2,1H3,(H2,27,31)(H,28,32). The van der Waals surface area contributed by atoms with Crippen LogP contribution < -0.4 is 21.5 Å². The molecular weight excluding hydrogens is 441 g/mol. The average molecular weight is 468 g/mol. The highest BCUT2D eigenvalue weighted by Gasteiger charge is 2.27. The summed E-state index contributed by atoms with van der Waals surface area (Å²) in [6.45, 7) is 1.04. The predicted octanol–water partition coefficient (Wildman–Crippen LogP) is 2.66. The normalized spacial score (nSPS) is 15.6. The van der Waals surface area contributed by atoms with Crippen LogP contribution in [0.3, 0.4) is 0 Å². The number of halogens is 1. The van der Waals surface area contributed by atoms with E-state index in [1.165, 1.54) is 23.9 Å². The molecule has 34 heavy (non-hydrogen) atoms. The van der Waals surface area contributed by atoms with E-state index in [0.29, 0.717) is 30.1 Å². The number of nitrogens with two attached hydrogens (primary N) is 2. The number of carbonyl (C=O) groups excluding carboxylic acids is 2. The van der Waals surface area contributed by atoms with Gasteiger partial charge >= 0.3 is 0 Å². The summed E-state index contributed by atoms with van der Waals surface area (Å²) in [6, 6.07) is 11.0. The number of para-hydroxylation sites is 1. The Morgan fingerprint density at radius 2 is 2.09 bits per heavy atom. The van der Waals surface area contributed by atoms with E-state index in [1.54, 1.807) is 30.3 Å². The second kappa shape index (κ2) is 9.92. The Morgan fingerprint density at radius 3 is 2.76 bits per heavy atom. The zero-order chi connectivity index (χ0) is 24.2. The minimum Gasteiger partial charge on any atom is -0.496 e. The highest BCUT2D eigenvalue weighted by atomic mass is 19.1. The third kappa shape index (κ3) is 4.58. The van der Waals surface area contributed by atoms with Crippen LogP contribution in [0.25, 0.3) is 11.3 Å². The molecule has 10 heteroatoms. The van der Waals surface area contributed by atoms with Gasteiger partial charge in [0.1, 0.15) is 28.6 Å². The summed E-state index contributed by atoms with van der Waals surface area (Å²) in [7, 11) is 1.47. The molecule has 4 rings (SSSR count). The molecule has 1 aromatic heterocycles. The lowest BCUT2D eigenvalue weighted by Gasteiger charge is -2.23. The second-order valence-corrected chi connectivity index (χ2v) is 7.98. The largest absolute Gasteiger partial charge is 0.496 e. The van der Waals surface area contributed by atoms with Crippen LogP contribution >= 0.6 is 0 Å². The van der Waals surface area contributed by atoms with Crippen molar-refractivity contribution in [3.8, 4) is 17.0 Å². The molecule has 1 saturated heterocycles. The maximum Gasteiger partial charge on any atom is 0.255 e. The van der Waals surface area contributed by atoms with Crippen molar-refractivity contribution < 1.29 is 23.5 Å². The second-order valence-electron chi connectivity index (χ2n) is 7.98. The van der Waals surface area contributed by atoms with Crippen LogP contribution in [0.1, 0.15) is 45.2 Å². The summed E-state index contributed by atoms with van der Waals surface area (Å²) in [5, 5.41) is 7.18. The number of rotatable bonds is 7. The first kappa shape index (κ1) is 23.2. The summed E-state index contributed by atoms with van der Waals surface area (Å²) in [5.74, 6) is -1.15. The van der Waals surface area contributed by atoms with Crippen LogP contribution in [-0.2, 0) is 11.3 Å². The number of hydrogen-bond acceptors (Lipinski definition) is 6. The van der Waals surface area contributed by atoms with E-state index in [9.17, 15) is 14.0 Å². The van der Waals surface area contributed by atoms with Crippen molar-refractivity contribution in [2.24, 2.45) is 5.73 Å². The fourth-order valence-corrected chi connectivity index (χ4v) is 4.03. The van der Waals surface area contributed by atoms with Gasteiger partial charge in [0.05, 0.1) is 25.3 Å². The summed E-state index contributed by atoms with van der Waals surface area (Å²) >= 11 is 0. The predicted molar refractivity (Wildman–Crippen MR) is 124 cm³/mol. The number of methoxy groups -OCH3 is 1. The van der Waals surface area contributed by atoms with Crippen molar-refractivity contribution in [2.45, 2.75) is 25.4 Å². The topological polar surface area (TPSA) is 134 Å². The molecular formula is C24H26FN5O4. The molecule has 1 atom stereocenters. The molecule has 178 valence electrons. The van der Waals surface area contributed by atoms with Crippen LogP contribution in [0.15, 0.2) is 42.5 Å². The average Bonchev–Trinajstić information content (AvgIpc) is 3.20. The van der Waals surface area contributed by atoms with E-state index in [2.05, 4.69) is 10.4 Å². The van der Waals surface area contributed by atoms with Crippen LogP contribution in [0.4, 0.5) is 10.2 Å². The lowest BCUT2D eigenvalue weighted by Crippen LogP contribution is -2.24. The Hall–Kier alpha value is -3.92. The summed E-state index contributed by atoms with van der Waals surface area (Å²) in [6.07, 6.45) is 1.64. The fraction of sp³-hybridized carbons (Fsp3) is 0.292. The van der Waals surface area contributed by atoms with Gasteiger partial charge in [-0.25, -0.2) is 9.07 Å². The molecule has 2 aromatic carbocycles. The van der Waals surface area contributed by atoms with Crippen molar-refractivity contribution in [1.82, 2.24) is 15.1 Å². The van der Waals surface area contributed by atoms with Crippen molar-refractivity contribution in [2.75, 3.05) is 26.1 Å². The van der Waals surface area contributed by atoms with Gasteiger partial charge in [0.25, 0.3) is 11.8 Å². The van der Waals surface area contributed by atoms with Gasteiger partial charge in [-0.1, -0.05) is 24.3 Å². The molecule has 9 nitrogen and oxygen atoms in total. The van der Waals surface area contributed by atoms with Gasteiger partial charge in [0, 0.05) is 24.3 Å². The zero-order valence-electron chi connectivity index (χ0n) is 18.7. The number of anilines is 1. The minimum absolute atomic E-state index is 0.0400. The van der Waals surface area contributed by atoms with Crippen LogP contribution in [0.2, 0.25) is 0 Å². The highest BCUT2D eigenvalue weighted by Crippen LogP contribution is 2.32. The number of hydrogen-bond donors (Lipinski definition) is 3. The third-order valence-corrected chi connectivity index (χ3v) is 5.79. The molecule has 2 heterocycles. The molecule has 0 radical (unpaired) electrons. The third-order valence-electron chi connectivity index (χ3n) is 5.79. The smallest absolute Gasteiger partial charge is 0.255 e. The first-order chi connectivity index (χ1) is 16.4. The molecule has 2 amide bonds. The van der Waals surface area contributed by atoms with Crippen LogP contribution in [0, 0.1) is 5.82 Å². The summed E-state index contributed by atoms with van der Waals surface area (Å²) in [4.78, 5) is 24.6.